The molecule has 0 saturated carbocycles. The average Bonchev–Trinajstić information content (AvgIpc) is 2.85. The summed E-state index contributed by atoms with van der Waals surface area (Å²) in [5.41, 5.74) is 0.223. The van der Waals surface area contributed by atoms with Gasteiger partial charge in [-0.05, 0) is 29.8 Å². The fourth-order valence-electron chi connectivity index (χ4n) is 2.28. The number of hydrogen-bond acceptors (Lipinski definition) is 6. The number of ether oxygens (including phenoxy) is 2. The van der Waals surface area contributed by atoms with Crippen LogP contribution in [0.1, 0.15) is 15.9 Å². The van der Waals surface area contributed by atoms with Crippen molar-refractivity contribution in [3.8, 4) is 17.2 Å². The first-order chi connectivity index (χ1) is 11.0. The molecule has 116 valence electrons. The van der Waals surface area contributed by atoms with Crippen molar-refractivity contribution in [3.63, 3.8) is 0 Å². The van der Waals surface area contributed by atoms with Crippen molar-refractivity contribution in [2.24, 2.45) is 0 Å². The van der Waals surface area contributed by atoms with Gasteiger partial charge in [-0.15, -0.1) is 0 Å². The smallest absolute Gasteiger partial charge is 0.315 e. The number of methoxy groups -OCH3 is 1. The number of phenols is 1. The molecule has 0 saturated heterocycles. The molecule has 0 radical (unpaired) electrons. The number of phenolic OH excluding ortho intramolecular Hbond substituents is 1. The summed E-state index contributed by atoms with van der Waals surface area (Å²) in [5.74, 6) is -0.455. The number of nitrogens with zero attached hydrogens (tertiary/aromatic N) is 1. The Morgan fingerprint density at radius 2 is 2.04 bits per heavy atom. The third kappa shape index (κ3) is 2.48. The van der Waals surface area contributed by atoms with Crippen LogP contribution in [0.5, 0.6) is 17.2 Å². The number of Topliss-reactive ketones (excluding diaryl/α,β-unsaturated/α-hetero) is 1. The molecule has 7 nitrogen and oxygen atoms in total. The normalized spacial score (nSPS) is 14.5. The maximum Gasteiger partial charge on any atom is 0.315 e. The van der Waals surface area contributed by atoms with Gasteiger partial charge in [-0.1, -0.05) is 12.1 Å². The number of fused-ring (bicyclic) bond motifs is 1. The van der Waals surface area contributed by atoms with E-state index in [2.05, 4.69) is 0 Å². The minimum Gasteiger partial charge on any atom is -0.500 e. The first-order valence-electron chi connectivity index (χ1n) is 6.60. The van der Waals surface area contributed by atoms with Crippen molar-refractivity contribution in [3.05, 3.63) is 63.4 Å². The molecule has 2 aromatic carbocycles. The molecule has 0 amide bonds. The molecule has 1 aliphatic rings. The zero-order valence-corrected chi connectivity index (χ0v) is 12.0. The van der Waals surface area contributed by atoms with E-state index in [4.69, 9.17) is 9.47 Å². The third-order valence-electron chi connectivity index (χ3n) is 3.37. The summed E-state index contributed by atoms with van der Waals surface area (Å²) in [7, 11) is 1.28. The number of rotatable bonds is 3. The Morgan fingerprint density at radius 3 is 2.70 bits per heavy atom. The first-order valence-corrected chi connectivity index (χ1v) is 6.60. The number of benzene rings is 2. The highest BCUT2D eigenvalue weighted by Gasteiger charge is 2.27. The molecule has 0 spiro atoms. The lowest BCUT2D eigenvalue weighted by molar-refractivity contribution is -0.386. The molecule has 0 atom stereocenters. The van der Waals surface area contributed by atoms with E-state index in [-0.39, 0.29) is 17.3 Å². The molecule has 0 bridgehead atoms. The Kier molecular flexibility index (Phi) is 3.46. The van der Waals surface area contributed by atoms with Crippen LogP contribution in [0.25, 0.3) is 6.08 Å². The summed E-state index contributed by atoms with van der Waals surface area (Å²) in [6, 6.07) is 9.28. The summed E-state index contributed by atoms with van der Waals surface area (Å²) in [5, 5.41) is 20.7. The van der Waals surface area contributed by atoms with Gasteiger partial charge in [0.2, 0.25) is 11.5 Å². The second-order valence-electron chi connectivity index (χ2n) is 4.78. The molecule has 1 heterocycles. The molecule has 0 unspecified atom stereocenters. The summed E-state index contributed by atoms with van der Waals surface area (Å²) >= 11 is 0. The van der Waals surface area contributed by atoms with Crippen LogP contribution in [0.3, 0.4) is 0 Å². The van der Waals surface area contributed by atoms with Gasteiger partial charge in [-0.25, -0.2) is 0 Å². The number of aromatic hydroxyl groups is 1. The van der Waals surface area contributed by atoms with Crippen molar-refractivity contribution < 1.29 is 24.3 Å². The lowest BCUT2D eigenvalue weighted by Crippen LogP contribution is -1.99. The van der Waals surface area contributed by atoms with E-state index in [0.717, 1.165) is 6.07 Å². The quantitative estimate of drug-likeness (QED) is 0.531. The predicted octanol–water partition coefficient (Wildman–Crippen LogP) is 2.93. The Bertz CT molecular complexity index is 856. The van der Waals surface area contributed by atoms with Crippen LogP contribution < -0.4 is 9.47 Å². The van der Waals surface area contributed by atoms with E-state index >= 15 is 0 Å². The largest absolute Gasteiger partial charge is 0.500 e. The monoisotopic (exact) mass is 313 g/mol. The Hall–Kier alpha value is -3.35. The lowest BCUT2D eigenvalue weighted by atomic mass is 10.1. The first kappa shape index (κ1) is 14.6. The van der Waals surface area contributed by atoms with Crippen LogP contribution in [0, 0.1) is 10.1 Å². The summed E-state index contributed by atoms with van der Waals surface area (Å²) in [6.07, 6.45) is 1.37. The lowest BCUT2D eigenvalue weighted by Gasteiger charge is -2.06. The van der Waals surface area contributed by atoms with Gasteiger partial charge in [0.1, 0.15) is 5.75 Å². The van der Waals surface area contributed by atoms with E-state index in [1.54, 1.807) is 24.3 Å². The standard InChI is InChI=1S/C16H11NO6/c1-22-13-7-9(6-11(16(13)19)17(20)21)8-14-15(18)10-4-2-3-5-12(10)23-14/h2-8,19H,1H3/b14-8-. The van der Waals surface area contributed by atoms with Gasteiger partial charge in [0.15, 0.2) is 11.5 Å². The molecule has 2 aromatic rings. The summed E-state index contributed by atoms with van der Waals surface area (Å²) in [6.45, 7) is 0. The Labute approximate surface area is 130 Å². The third-order valence-corrected chi connectivity index (χ3v) is 3.37. The Balaban J connectivity index is 2.06. The summed E-state index contributed by atoms with van der Waals surface area (Å²) in [4.78, 5) is 22.5. The van der Waals surface area contributed by atoms with Crippen LogP contribution in [-0.4, -0.2) is 22.9 Å². The highest BCUT2D eigenvalue weighted by molar-refractivity contribution is 6.14. The molecule has 1 N–H and O–H groups in total. The van der Waals surface area contributed by atoms with E-state index in [9.17, 15) is 20.0 Å². The summed E-state index contributed by atoms with van der Waals surface area (Å²) < 4.78 is 10.4. The molecule has 0 aliphatic carbocycles. The average molecular weight is 313 g/mol. The number of allylic oxidation sites excluding steroid dienone is 1. The van der Waals surface area contributed by atoms with Crippen LogP contribution in [0.15, 0.2) is 42.2 Å². The predicted molar refractivity (Wildman–Crippen MR) is 80.7 cm³/mol. The van der Waals surface area contributed by atoms with Crippen LogP contribution in [0.4, 0.5) is 5.69 Å². The topological polar surface area (TPSA) is 98.9 Å². The van der Waals surface area contributed by atoms with E-state index in [1.807, 2.05) is 0 Å². The highest BCUT2D eigenvalue weighted by Crippen LogP contribution is 2.38. The molecular formula is C16H11NO6. The molecule has 0 fully saturated rings. The van der Waals surface area contributed by atoms with Crippen molar-refractivity contribution in [2.75, 3.05) is 7.11 Å². The fourth-order valence-corrected chi connectivity index (χ4v) is 2.28. The molecule has 1 aliphatic heterocycles. The van der Waals surface area contributed by atoms with Crippen molar-refractivity contribution in [1.82, 2.24) is 0 Å². The zero-order valence-electron chi connectivity index (χ0n) is 12.0. The Morgan fingerprint density at radius 1 is 1.30 bits per heavy atom. The van der Waals surface area contributed by atoms with E-state index < -0.39 is 16.4 Å². The second-order valence-corrected chi connectivity index (χ2v) is 4.78. The molecule has 3 rings (SSSR count). The highest BCUT2D eigenvalue weighted by atomic mass is 16.6. The maximum absolute atomic E-state index is 12.2. The van der Waals surface area contributed by atoms with Gasteiger partial charge in [-0.3, -0.25) is 14.9 Å². The number of para-hydroxylation sites is 1. The van der Waals surface area contributed by atoms with Crippen molar-refractivity contribution >= 4 is 17.5 Å². The van der Waals surface area contributed by atoms with E-state index in [1.165, 1.54) is 19.3 Å². The van der Waals surface area contributed by atoms with Gasteiger partial charge in [0.05, 0.1) is 17.6 Å². The molecule has 7 heteroatoms. The maximum atomic E-state index is 12.2. The second kappa shape index (κ2) is 5.45. The van der Waals surface area contributed by atoms with Gasteiger partial charge in [0.25, 0.3) is 0 Å². The molecule has 23 heavy (non-hydrogen) atoms. The zero-order chi connectivity index (χ0) is 16.6. The number of nitro groups is 1. The van der Waals surface area contributed by atoms with Crippen molar-refractivity contribution in [2.45, 2.75) is 0 Å². The number of carbonyl (C=O) groups excluding carboxylic acids is 1. The SMILES string of the molecule is COc1cc(/C=C2\Oc3ccccc3C2=O)cc([N+](=O)[O-])c1O. The molecule has 0 aromatic heterocycles. The number of hydrogen-bond donors (Lipinski definition) is 1. The minimum atomic E-state index is -0.730. The number of carbonyl (C=O) groups is 1. The van der Waals surface area contributed by atoms with Gasteiger partial charge in [0, 0.05) is 6.07 Å². The van der Waals surface area contributed by atoms with Gasteiger partial charge < -0.3 is 14.6 Å². The van der Waals surface area contributed by atoms with Crippen LogP contribution in [-0.2, 0) is 0 Å². The van der Waals surface area contributed by atoms with E-state index in [0.29, 0.717) is 16.9 Å². The number of nitro benzene ring substituents is 1. The van der Waals surface area contributed by atoms with Crippen molar-refractivity contribution in [1.29, 1.82) is 0 Å². The number of ketones is 1. The van der Waals surface area contributed by atoms with Gasteiger partial charge >= 0.3 is 5.69 Å². The van der Waals surface area contributed by atoms with Crippen LogP contribution in [0.2, 0.25) is 0 Å². The molecular weight excluding hydrogens is 302 g/mol. The fraction of sp³-hybridized carbons (Fsp3) is 0.0625. The van der Waals surface area contributed by atoms with Gasteiger partial charge in [-0.2, -0.15) is 0 Å². The van der Waals surface area contributed by atoms with Crippen LogP contribution >= 0.6 is 0 Å². The minimum absolute atomic E-state index is 0.0493.